The normalized spacial score (nSPS) is 17.3. The average molecular weight is 354 g/mol. The zero-order valence-corrected chi connectivity index (χ0v) is 15.1. The molecule has 0 bridgehead atoms. The van der Waals surface area contributed by atoms with Crippen molar-refractivity contribution in [3.63, 3.8) is 0 Å². The lowest BCUT2D eigenvalue weighted by Crippen LogP contribution is -2.57. The Balaban J connectivity index is 1.84. The third-order valence-corrected chi connectivity index (χ3v) is 4.61. The van der Waals surface area contributed by atoms with E-state index in [-0.39, 0.29) is 41.5 Å². The minimum atomic E-state index is -0.383. The van der Waals surface area contributed by atoms with E-state index < -0.39 is 0 Å². The summed E-state index contributed by atoms with van der Waals surface area (Å²) in [5, 5.41) is 10.2. The monoisotopic (exact) mass is 354 g/mol. The Kier molecular flexibility index (Phi) is 4.84. The Hall–Kier alpha value is -3.02. The summed E-state index contributed by atoms with van der Waals surface area (Å²) in [6.07, 6.45) is 0. The number of nitrogens with zero attached hydrogens (tertiary/aromatic N) is 2. The standard InChI is InChI=1S/C20H22N2O4/c1-13-6-4-7-15(10-13)22-11-14(2)21(12-18(22)23)20(25)16-8-5-9-17(26-3)19(16)24/h4-10,14,24H,11-12H2,1-3H3/t14-/m0/s1. The van der Waals surface area contributed by atoms with Gasteiger partial charge in [0.15, 0.2) is 11.5 Å². The zero-order valence-electron chi connectivity index (χ0n) is 15.1. The first-order chi connectivity index (χ1) is 12.4. The van der Waals surface area contributed by atoms with E-state index in [9.17, 15) is 14.7 Å². The summed E-state index contributed by atoms with van der Waals surface area (Å²) in [7, 11) is 1.43. The molecule has 6 heteroatoms. The molecule has 1 N–H and O–H groups in total. The number of aryl methyl sites for hydroxylation is 1. The predicted molar refractivity (Wildman–Crippen MR) is 98.7 cm³/mol. The number of hydrogen-bond donors (Lipinski definition) is 1. The lowest BCUT2D eigenvalue weighted by atomic mass is 10.1. The van der Waals surface area contributed by atoms with Crippen LogP contribution in [0.2, 0.25) is 0 Å². The van der Waals surface area contributed by atoms with Gasteiger partial charge in [-0.05, 0) is 43.7 Å². The third-order valence-electron chi connectivity index (χ3n) is 4.61. The van der Waals surface area contributed by atoms with Crippen molar-refractivity contribution in [1.29, 1.82) is 0 Å². The SMILES string of the molecule is COc1cccc(C(=O)N2CC(=O)N(c3cccc(C)c3)C[C@@H]2C)c1O. The van der Waals surface area contributed by atoms with Crippen LogP contribution < -0.4 is 9.64 Å². The van der Waals surface area contributed by atoms with Crippen molar-refractivity contribution in [2.45, 2.75) is 19.9 Å². The summed E-state index contributed by atoms with van der Waals surface area (Å²) in [4.78, 5) is 28.7. The molecule has 0 unspecified atom stereocenters. The van der Waals surface area contributed by atoms with Gasteiger partial charge in [-0.2, -0.15) is 0 Å². The Morgan fingerprint density at radius 2 is 1.96 bits per heavy atom. The van der Waals surface area contributed by atoms with Crippen LogP contribution in [-0.4, -0.2) is 48.1 Å². The predicted octanol–water partition coefficient (Wildman–Crippen LogP) is 2.59. The first-order valence-electron chi connectivity index (χ1n) is 8.46. The number of ether oxygens (including phenoxy) is 1. The van der Waals surface area contributed by atoms with Gasteiger partial charge in [0, 0.05) is 18.3 Å². The van der Waals surface area contributed by atoms with E-state index in [0.29, 0.717) is 6.54 Å². The first kappa shape index (κ1) is 17.8. The highest BCUT2D eigenvalue weighted by Gasteiger charge is 2.34. The van der Waals surface area contributed by atoms with E-state index in [0.717, 1.165) is 11.3 Å². The molecule has 1 atom stereocenters. The molecule has 2 aromatic rings. The van der Waals surface area contributed by atoms with Crippen LogP contribution in [0.3, 0.4) is 0 Å². The number of amides is 2. The van der Waals surface area contributed by atoms with Crippen molar-refractivity contribution in [2.75, 3.05) is 25.1 Å². The molecule has 0 aliphatic carbocycles. The second-order valence-electron chi connectivity index (χ2n) is 6.48. The quantitative estimate of drug-likeness (QED) is 0.920. The summed E-state index contributed by atoms with van der Waals surface area (Å²) in [6.45, 7) is 4.23. The van der Waals surface area contributed by atoms with Gasteiger partial charge in [-0.1, -0.05) is 18.2 Å². The summed E-state index contributed by atoms with van der Waals surface area (Å²) in [5.74, 6) is -0.510. The largest absolute Gasteiger partial charge is 0.504 e. The lowest BCUT2D eigenvalue weighted by molar-refractivity contribution is -0.121. The zero-order chi connectivity index (χ0) is 18.8. The Labute approximate surface area is 152 Å². The molecule has 0 aromatic heterocycles. The van der Waals surface area contributed by atoms with E-state index in [4.69, 9.17) is 4.74 Å². The lowest BCUT2D eigenvalue weighted by Gasteiger charge is -2.39. The van der Waals surface area contributed by atoms with Gasteiger partial charge in [0.05, 0.1) is 12.7 Å². The number of hydrogen-bond acceptors (Lipinski definition) is 4. The molecule has 3 rings (SSSR count). The minimum absolute atomic E-state index is 0.0371. The molecule has 1 heterocycles. The number of carbonyl (C=O) groups is 2. The number of piperazine rings is 1. The van der Waals surface area contributed by atoms with E-state index in [1.54, 1.807) is 17.0 Å². The van der Waals surface area contributed by atoms with Gasteiger partial charge in [-0.25, -0.2) is 0 Å². The number of benzene rings is 2. The van der Waals surface area contributed by atoms with Crippen molar-refractivity contribution in [3.05, 3.63) is 53.6 Å². The van der Waals surface area contributed by atoms with Crippen LogP contribution >= 0.6 is 0 Å². The van der Waals surface area contributed by atoms with Crippen molar-refractivity contribution < 1.29 is 19.4 Å². The van der Waals surface area contributed by atoms with Crippen LogP contribution in [0.4, 0.5) is 5.69 Å². The summed E-state index contributed by atoms with van der Waals surface area (Å²) >= 11 is 0. The van der Waals surface area contributed by atoms with Gasteiger partial charge < -0.3 is 19.6 Å². The number of aromatic hydroxyl groups is 1. The van der Waals surface area contributed by atoms with Crippen LogP contribution in [-0.2, 0) is 4.79 Å². The van der Waals surface area contributed by atoms with Crippen LogP contribution in [0.15, 0.2) is 42.5 Å². The molecule has 2 amide bonds. The summed E-state index contributed by atoms with van der Waals surface area (Å²) in [5.41, 5.74) is 2.04. The van der Waals surface area contributed by atoms with Crippen molar-refractivity contribution in [3.8, 4) is 11.5 Å². The fourth-order valence-corrected chi connectivity index (χ4v) is 3.18. The van der Waals surface area contributed by atoms with E-state index in [2.05, 4.69) is 0 Å². The second-order valence-corrected chi connectivity index (χ2v) is 6.48. The minimum Gasteiger partial charge on any atom is -0.504 e. The summed E-state index contributed by atoms with van der Waals surface area (Å²) in [6, 6.07) is 12.3. The van der Waals surface area contributed by atoms with Crippen molar-refractivity contribution >= 4 is 17.5 Å². The number of anilines is 1. The first-order valence-corrected chi connectivity index (χ1v) is 8.46. The van der Waals surface area contributed by atoms with Gasteiger partial charge in [0.1, 0.15) is 6.54 Å². The van der Waals surface area contributed by atoms with Crippen LogP contribution in [0, 0.1) is 6.92 Å². The van der Waals surface area contributed by atoms with Gasteiger partial charge in [0.2, 0.25) is 5.91 Å². The van der Waals surface area contributed by atoms with Gasteiger partial charge >= 0.3 is 0 Å². The van der Waals surface area contributed by atoms with Gasteiger partial charge in [0.25, 0.3) is 5.91 Å². The maximum atomic E-state index is 12.9. The van der Waals surface area contributed by atoms with E-state index in [1.807, 2.05) is 38.1 Å². The van der Waals surface area contributed by atoms with Crippen LogP contribution in [0.5, 0.6) is 11.5 Å². The molecule has 1 saturated heterocycles. The molecule has 0 spiro atoms. The molecule has 1 fully saturated rings. The van der Waals surface area contributed by atoms with Crippen LogP contribution in [0.25, 0.3) is 0 Å². The number of rotatable bonds is 3. The van der Waals surface area contributed by atoms with Crippen molar-refractivity contribution in [1.82, 2.24) is 4.90 Å². The molecule has 136 valence electrons. The molecule has 1 aliphatic rings. The highest BCUT2D eigenvalue weighted by Crippen LogP contribution is 2.31. The number of phenols is 1. The maximum Gasteiger partial charge on any atom is 0.258 e. The Bertz CT molecular complexity index is 849. The molecule has 0 radical (unpaired) electrons. The molecule has 1 aliphatic heterocycles. The second kappa shape index (κ2) is 7.07. The van der Waals surface area contributed by atoms with Crippen LogP contribution in [0.1, 0.15) is 22.8 Å². The molecular formula is C20H22N2O4. The highest BCUT2D eigenvalue weighted by atomic mass is 16.5. The number of carbonyl (C=O) groups excluding carboxylic acids is 2. The fraction of sp³-hybridized carbons (Fsp3) is 0.300. The van der Waals surface area contributed by atoms with E-state index in [1.165, 1.54) is 18.1 Å². The van der Waals surface area contributed by atoms with Gasteiger partial charge in [-0.15, -0.1) is 0 Å². The maximum absolute atomic E-state index is 12.9. The molecule has 2 aromatic carbocycles. The summed E-state index contributed by atoms with van der Waals surface area (Å²) < 4.78 is 5.06. The number of para-hydroxylation sites is 1. The Morgan fingerprint density at radius 3 is 2.65 bits per heavy atom. The molecule has 6 nitrogen and oxygen atoms in total. The Morgan fingerprint density at radius 1 is 1.23 bits per heavy atom. The highest BCUT2D eigenvalue weighted by molar-refractivity contribution is 6.03. The van der Waals surface area contributed by atoms with Crippen molar-refractivity contribution in [2.24, 2.45) is 0 Å². The topological polar surface area (TPSA) is 70.1 Å². The average Bonchev–Trinajstić information content (AvgIpc) is 2.63. The smallest absolute Gasteiger partial charge is 0.258 e. The number of methoxy groups -OCH3 is 1. The fourth-order valence-electron chi connectivity index (χ4n) is 3.18. The number of phenolic OH excluding ortho intramolecular Hbond substituents is 1. The third kappa shape index (κ3) is 3.22. The molecular weight excluding hydrogens is 332 g/mol. The molecule has 26 heavy (non-hydrogen) atoms. The van der Waals surface area contributed by atoms with E-state index >= 15 is 0 Å². The van der Waals surface area contributed by atoms with Gasteiger partial charge in [-0.3, -0.25) is 9.59 Å². The molecule has 0 saturated carbocycles.